The van der Waals surface area contributed by atoms with Crippen molar-refractivity contribution < 1.29 is 4.74 Å². The predicted octanol–water partition coefficient (Wildman–Crippen LogP) is 4.04. The standard InChI is InChI=1S/C17H31NO/c1-2-18-14-16(8-6-9-16)13-15-7-12-17(19-15)10-4-3-5-11-17/h15,18H,2-14H2,1H3. The first kappa shape index (κ1) is 13.9. The molecule has 3 rings (SSSR count). The maximum atomic E-state index is 6.57. The zero-order valence-electron chi connectivity index (χ0n) is 12.7. The maximum Gasteiger partial charge on any atom is 0.0687 e. The van der Waals surface area contributed by atoms with E-state index >= 15 is 0 Å². The van der Waals surface area contributed by atoms with E-state index in [1.165, 1.54) is 77.2 Å². The van der Waals surface area contributed by atoms with E-state index < -0.39 is 0 Å². The zero-order chi connectivity index (χ0) is 13.2. The highest BCUT2D eigenvalue weighted by atomic mass is 16.5. The molecule has 110 valence electrons. The molecule has 1 heterocycles. The first-order valence-corrected chi connectivity index (χ1v) is 8.65. The lowest BCUT2D eigenvalue weighted by Gasteiger charge is -2.44. The molecule has 0 bridgehead atoms. The minimum atomic E-state index is 0.312. The van der Waals surface area contributed by atoms with Crippen molar-refractivity contribution in [3.8, 4) is 0 Å². The fraction of sp³-hybridized carbons (Fsp3) is 1.00. The van der Waals surface area contributed by atoms with Gasteiger partial charge in [0.15, 0.2) is 0 Å². The lowest BCUT2D eigenvalue weighted by Crippen LogP contribution is -2.43. The summed E-state index contributed by atoms with van der Waals surface area (Å²) < 4.78 is 6.57. The number of hydrogen-bond acceptors (Lipinski definition) is 2. The van der Waals surface area contributed by atoms with Crippen molar-refractivity contribution in [2.75, 3.05) is 13.1 Å². The van der Waals surface area contributed by atoms with Gasteiger partial charge in [0.1, 0.15) is 0 Å². The molecule has 3 fully saturated rings. The fourth-order valence-electron chi connectivity index (χ4n) is 4.61. The smallest absolute Gasteiger partial charge is 0.0687 e. The van der Waals surface area contributed by atoms with E-state index in [1.807, 2.05) is 0 Å². The molecule has 1 saturated heterocycles. The van der Waals surface area contributed by atoms with Crippen molar-refractivity contribution in [2.45, 2.75) is 89.3 Å². The zero-order valence-corrected chi connectivity index (χ0v) is 12.7. The summed E-state index contributed by atoms with van der Waals surface area (Å²) in [5, 5.41) is 3.58. The Bertz CT molecular complexity index is 292. The number of nitrogens with one attached hydrogen (secondary N) is 1. The summed E-state index contributed by atoms with van der Waals surface area (Å²) in [5.41, 5.74) is 0.896. The molecule has 0 aromatic heterocycles. The van der Waals surface area contributed by atoms with Gasteiger partial charge in [-0.1, -0.05) is 32.6 Å². The van der Waals surface area contributed by atoms with E-state index in [-0.39, 0.29) is 0 Å². The molecule has 19 heavy (non-hydrogen) atoms. The van der Waals surface area contributed by atoms with Gasteiger partial charge in [-0.25, -0.2) is 0 Å². The van der Waals surface area contributed by atoms with Crippen molar-refractivity contribution in [3.63, 3.8) is 0 Å². The molecule has 1 unspecified atom stereocenters. The van der Waals surface area contributed by atoms with E-state index in [4.69, 9.17) is 4.74 Å². The molecule has 0 aromatic rings. The second-order valence-electron chi connectivity index (χ2n) is 7.36. The highest BCUT2D eigenvalue weighted by Crippen LogP contribution is 2.49. The van der Waals surface area contributed by atoms with Gasteiger partial charge in [-0.2, -0.15) is 0 Å². The third kappa shape index (κ3) is 3.00. The normalized spacial score (nSPS) is 32.4. The van der Waals surface area contributed by atoms with Crippen molar-refractivity contribution in [1.82, 2.24) is 5.32 Å². The van der Waals surface area contributed by atoms with Gasteiger partial charge in [0, 0.05) is 6.54 Å². The van der Waals surface area contributed by atoms with Crippen LogP contribution >= 0.6 is 0 Å². The van der Waals surface area contributed by atoms with Crippen LogP contribution in [-0.2, 0) is 4.74 Å². The van der Waals surface area contributed by atoms with Gasteiger partial charge in [0.2, 0.25) is 0 Å². The maximum absolute atomic E-state index is 6.57. The van der Waals surface area contributed by atoms with Crippen LogP contribution in [0, 0.1) is 5.41 Å². The Hall–Kier alpha value is -0.0800. The van der Waals surface area contributed by atoms with Crippen LogP contribution in [0.3, 0.4) is 0 Å². The largest absolute Gasteiger partial charge is 0.372 e. The summed E-state index contributed by atoms with van der Waals surface area (Å²) in [6.07, 6.45) is 15.7. The summed E-state index contributed by atoms with van der Waals surface area (Å²) in [7, 11) is 0. The summed E-state index contributed by atoms with van der Waals surface area (Å²) in [6.45, 7) is 4.54. The van der Waals surface area contributed by atoms with Crippen molar-refractivity contribution in [3.05, 3.63) is 0 Å². The molecule has 2 nitrogen and oxygen atoms in total. The molecule has 0 aromatic carbocycles. The molecule has 0 radical (unpaired) electrons. The second-order valence-corrected chi connectivity index (χ2v) is 7.36. The molecule has 2 aliphatic carbocycles. The van der Waals surface area contributed by atoms with Gasteiger partial charge in [0.25, 0.3) is 0 Å². The van der Waals surface area contributed by atoms with E-state index in [0.717, 1.165) is 6.54 Å². The van der Waals surface area contributed by atoms with Gasteiger partial charge in [-0.3, -0.25) is 0 Å². The Balaban J connectivity index is 1.53. The van der Waals surface area contributed by atoms with Gasteiger partial charge in [0.05, 0.1) is 11.7 Å². The van der Waals surface area contributed by atoms with E-state index in [1.54, 1.807) is 0 Å². The van der Waals surface area contributed by atoms with Crippen LogP contribution < -0.4 is 5.32 Å². The molecular formula is C17H31NO. The third-order valence-corrected chi connectivity index (χ3v) is 5.93. The molecule has 1 N–H and O–H groups in total. The van der Waals surface area contributed by atoms with Crippen LogP contribution in [0.25, 0.3) is 0 Å². The van der Waals surface area contributed by atoms with Crippen molar-refractivity contribution >= 4 is 0 Å². The quantitative estimate of drug-likeness (QED) is 0.810. The Morgan fingerprint density at radius 2 is 1.79 bits per heavy atom. The highest BCUT2D eigenvalue weighted by Gasteiger charge is 2.45. The van der Waals surface area contributed by atoms with Gasteiger partial charge < -0.3 is 10.1 Å². The average molecular weight is 265 g/mol. The number of ether oxygens (including phenoxy) is 1. The lowest BCUT2D eigenvalue weighted by atomic mass is 9.65. The number of hydrogen-bond donors (Lipinski definition) is 1. The van der Waals surface area contributed by atoms with Gasteiger partial charge in [-0.15, -0.1) is 0 Å². The number of rotatable bonds is 5. The monoisotopic (exact) mass is 265 g/mol. The van der Waals surface area contributed by atoms with Crippen LogP contribution in [0.15, 0.2) is 0 Å². The summed E-state index contributed by atoms with van der Waals surface area (Å²) in [5.74, 6) is 0. The second kappa shape index (κ2) is 5.73. The molecule has 1 atom stereocenters. The Morgan fingerprint density at radius 3 is 2.42 bits per heavy atom. The van der Waals surface area contributed by atoms with Crippen LogP contribution in [0.1, 0.15) is 77.6 Å². The molecule has 1 spiro atoms. The van der Waals surface area contributed by atoms with Crippen molar-refractivity contribution in [2.24, 2.45) is 5.41 Å². The van der Waals surface area contributed by atoms with Crippen LogP contribution in [0.5, 0.6) is 0 Å². The van der Waals surface area contributed by atoms with Gasteiger partial charge in [-0.05, 0) is 56.9 Å². The van der Waals surface area contributed by atoms with Crippen LogP contribution in [-0.4, -0.2) is 24.8 Å². The highest BCUT2D eigenvalue weighted by molar-refractivity contribution is 4.97. The molecule has 2 heteroatoms. The minimum absolute atomic E-state index is 0.312. The first-order chi connectivity index (χ1) is 9.26. The topological polar surface area (TPSA) is 21.3 Å². The van der Waals surface area contributed by atoms with Crippen LogP contribution in [0.2, 0.25) is 0 Å². The Morgan fingerprint density at radius 1 is 1.00 bits per heavy atom. The molecular weight excluding hydrogens is 234 g/mol. The summed E-state index contributed by atoms with van der Waals surface area (Å²) in [6, 6.07) is 0. The Labute approximate surface area is 118 Å². The van der Waals surface area contributed by atoms with E-state index in [0.29, 0.717) is 17.1 Å². The third-order valence-electron chi connectivity index (χ3n) is 5.93. The lowest BCUT2D eigenvalue weighted by molar-refractivity contribution is -0.0846. The van der Waals surface area contributed by atoms with E-state index in [2.05, 4.69) is 12.2 Å². The molecule has 3 aliphatic rings. The minimum Gasteiger partial charge on any atom is -0.372 e. The average Bonchev–Trinajstić information content (AvgIpc) is 2.76. The van der Waals surface area contributed by atoms with Gasteiger partial charge >= 0.3 is 0 Å². The first-order valence-electron chi connectivity index (χ1n) is 8.65. The predicted molar refractivity (Wildman–Crippen MR) is 79.4 cm³/mol. The van der Waals surface area contributed by atoms with Crippen LogP contribution in [0.4, 0.5) is 0 Å². The Kier molecular flexibility index (Phi) is 4.19. The molecule has 1 aliphatic heterocycles. The molecule has 2 saturated carbocycles. The molecule has 0 amide bonds. The SMILES string of the molecule is CCNCC1(CC2CCC3(CCCCC3)O2)CCC1. The summed E-state index contributed by atoms with van der Waals surface area (Å²) in [4.78, 5) is 0. The summed E-state index contributed by atoms with van der Waals surface area (Å²) >= 11 is 0. The van der Waals surface area contributed by atoms with Crippen molar-refractivity contribution in [1.29, 1.82) is 0 Å². The fourth-order valence-corrected chi connectivity index (χ4v) is 4.61. The van der Waals surface area contributed by atoms with E-state index in [9.17, 15) is 0 Å².